The first-order chi connectivity index (χ1) is 9.36. The Morgan fingerprint density at radius 1 is 0.952 bits per heavy atom. The van der Waals surface area contributed by atoms with Gasteiger partial charge < -0.3 is 11.6 Å². The van der Waals surface area contributed by atoms with Crippen LogP contribution in [0.5, 0.6) is 11.5 Å². The molecule has 0 unspecified atom stereocenters. The molecule has 0 aliphatic heterocycles. The molecule has 0 heterocycles. The zero-order chi connectivity index (χ0) is 14.8. The summed E-state index contributed by atoms with van der Waals surface area (Å²) in [5.41, 5.74) is 0.299. The summed E-state index contributed by atoms with van der Waals surface area (Å²) in [5.74, 6) is -0.208. The Morgan fingerprint density at radius 3 is 2.14 bits per heavy atom. The Hall–Kier alpha value is -1.45. The average molecular weight is 318 g/mol. The minimum atomic E-state index is -4.38. The van der Waals surface area contributed by atoms with Crippen molar-refractivity contribution in [3.05, 3.63) is 42.5 Å². The topological polar surface area (TPSA) is 120 Å². The summed E-state index contributed by atoms with van der Waals surface area (Å²) >= 11 is 0. The van der Waals surface area contributed by atoms with Crippen LogP contribution in [0.3, 0.4) is 0 Å². The van der Waals surface area contributed by atoms with Crippen molar-refractivity contribution < 1.29 is 54.2 Å². The molecule has 0 amide bonds. The molecular weight excluding hydrogens is 307 g/mol. The summed E-state index contributed by atoms with van der Waals surface area (Å²) in [6.45, 7) is 0. The van der Waals surface area contributed by atoms with E-state index < -0.39 is 15.0 Å². The summed E-state index contributed by atoms with van der Waals surface area (Å²) in [5, 5.41) is 26.1. The van der Waals surface area contributed by atoms with Gasteiger partial charge in [-0.1, -0.05) is 0 Å². The standard InChI is InChI=1S/C12H10N2O5S.Na.H/c15-9-3-1-8(2-4-9)13-14-11-7-10(20(17,18)19)5-6-12(11)16;;/h1-7,15-16H,(H,17,18,19);;/q;+1;-1. The first-order valence-corrected chi connectivity index (χ1v) is 6.81. The van der Waals surface area contributed by atoms with Gasteiger partial charge in [0.15, 0.2) is 0 Å². The van der Waals surface area contributed by atoms with E-state index in [1.165, 1.54) is 24.3 Å². The summed E-state index contributed by atoms with van der Waals surface area (Å²) in [6, 6.07) is 8.92. The monoisotopic (exact) mass is 318 g/mol. The molecule has 0 aliphatic rings. The molecule has 0 saturated heterocycles. The van der Waals surface area contributed by atoms with E-state index in [9.17, 15) is 13.5 Å². The quantitative estimate of drug-likeness (QED) is 0.414. The van der Waals surface area contributed by atoms with E-state index >= 15 is 0 Å². The van der Waals surface area contributed by atoms with Gasteiger partial charge in [0.25, 0.3) is 10.1 Å². The van der Waals surface area contributed by atoms with Gasteiger partial charge in [0.05, 0.1) is 10.6 Å². The SMILES string of the molecule is O=S(=O)(O)c1ccc(O)c(N=Nc2ccc(O)cc2)c1.[H-].[Na+]. The predicted molar refractivity (Wildman–Crippen MR) is 71.3 cm³/mol. The van der Waals surface area contributed by atoms with Crippen molar-refractivity contribution in [1.82, 2.24) is 0 Å². The fourth-order valence-corrected chi connectivity index (χ4v) is 1.88. The molecule has 21 heavy (non-hydrogen) atoms. The third kappa shape index (κ3) is 4.80. The molecule has 106 valence electrons. The second-order valence-corrected chi connectivity index (χ2v) is 5.26. The molecule has 0 bridgehead atoms. The Labute approximate surface area is 144 Å². The van der Waals surface area contributed by atoms with Gasteiger partial charge in [-0.25, -0.2) is 0 Å². The van der Waals surface area contributed by atoms with Gasteiger partial charge in [-0.15, -0.1) is 5.11 Å². The molecule has 0 aromatic heterocycles. The van der Waals surface area contributed by atoms with Gasteiger partial charge in [0.1, 0.15) is 17.2 Å². The van der Waals surface area contributed by atoms with Gasteiger partial charge in [-0.3, -0.25) is 4.55 Å². The minimum absolute atomic E-state index is 0. The average Bonchev–Trinajstić information content (AvgIpc) is 2.38. The van der Waals surface area contributed by atoms with Crippen molar-refractivity contribution in [3.63, 3.8) is 0 Å². The van der Waals surface area contributed by atoms with Crippen LogP contribution >= 0.6 is 0 Å². The van der Waals surface area contributed by atoms with Crippen LogP contribution in [0.2, 0.25) is 0 Å². The molecule has 7 nitrogen and oxygen atoms in total. The van der Waals surface area contributed by atoms with Crippen molar-refractivity contribution in [2.75, 3.05) is 0 Å². The Balaban J connectivity index is 0.00000220. The maximum absolute atomic E-state index is 11.0. The van der Waals surface area contributed by atoms with Crippen LogP contribution in [0, 0.1) is 0 Å². The van der Waals surface area contributed by atoms with Gasteiger partial charge in [-0.2, -0.15) is 13.5 Å². The van der Waals surface area contributed by atoms with Gasteiger partial charge >= 0.3 is 29.6 Å². The van der Waals surface area contributed by atoms with Crippen molar-refractivity contribution in [2.24, 2.45) is 10.2 Å². The maximum atomic E-state index is 11.0. The van der Waals surface area contributed by atoms with E-state index in [2.05, 4.69) is 10.2 Å². The number of benzene rings is 2. The number of phenols is 2. The van der Waals surface area contributed by atoms with Crippen molar-refractivity contribution in [2.45, 2.75) is 4.90 Å². The maximum Gasteiger partial charge on any atom is 1.00 e. The van der Waals surface area contributed by atoms with E-state index in [1.54, 1.807) is 0 Å². The molecule has 2 aromatic carbocycles. The molecule has 3 N–H and O–H groups in total. The van der Waals surface area contributed by atoms with Crippen LogP contribution in [0.1, 0.15) is 1.43 Å². The molecule has 0 radical (unpaired) electrons. The fraction of sp³-hybridized carbons (Fsp3) is 0. The van der Waals surface area contributed by atoms with Crippen LogP contribution < -0.4 is 29.6 Å². The van der Waals surface area contributed by atoms with Crippen molar-refractivity contribution in [3.8, 4) is 11.5 Å². The largest absolute Gasteiger partial charge is 1.00 e. The molecular formula is C12H11N2NaO5S. The van der Waals surface area contributed by atoms with E-state index in [0.29, 0.717) is 5.69 Å². The van der Waals surface area contributed by atoms with Crippen molar-refractivity contribution >= 4 is 21.5 Å². The second-order valence-electron chi connectivity index (χ2n) is 3.84. The van der Waals surface area contributed by atoms with Crippen molar-refractivity contribution in [1.29, 1.82) is 0 Å². The Morgan fingerprint density at radius 2 is 1.57 bits per heavy atom. The Kier molecular flexibility index (Phi) is 5.87. The molecule has 0 spiro atoms. The molecule has 0 atom stereocenters. The number of azo groups is 1. The van der Waals surface area contributed by atoms with Crippen LogP contribution in [0.15, 0.2) is 57.6 Å². The number of hydrogen-bond donors (Lipinski definition) is 3. The zero-order valence-electron chi connectivity index (χ0n) is 12.0. The van der Waals surface area contributed by atoms with Crippen LogP contribution in [-0.2, 0) is 10.1 Å². The zero-order valence-corrected chi connectivity index (χ0v) is 13.8. The molecule has 9 heteroatoms. The van der Waals surface area contributed by atoms with Crippen LogP contribution in [-0.4, -0.2) is 23.2 Å². The molecule has 2 rings (SSSR count). The molecule has 0 fully saturated rings. The van der Waals surface area contributed by atoms with E-state index in [1.807, 2.05) is 0 Å². The smallest absolute Gasteiger partial charge is 1.00 e. The van der Waals surface area contributed by atoms with Gasteiger partial charge in [0, 0.05) is 0 Å². The summed E-state index contributed by atoms with van der Waals surface area (Å²) in [7, 11) is -4.38. The molecule has 0 aliphatic carbocycles. The summed E-state index contributed by atoms with van der Waals surface area (Å²) in [6.07, 6.45) is 0. The number of nitrogens with zero attached hydrogens (tertiary/aromatic N) is 2. The first-order valence-electron chi connectivity index (χ1n) is 5.37. The van der Waals surface area contributed by atoms with E-state index in [0.717, 1.165) is 18.2 Å². The fourth-order valence-electron chi connectivity index (χ4n) is 1.37. The minimum Gasteiger partial charge on any atom is -1.00 e. The first kappa shape index (κ1) is 17.6. The number of aromatic hydroxyl groups is 2. The number of phenolic OH excluding ortho intramolecular Hbond substituents is 2. The molecule has 2 aromatic rings. The predicted octanol–water partition coefficient (Wildman–Crippen LogP) is -0.124. The Bertz CT molecular complexity index is 766. The van der Waals surface area contributed by atoms with Gasteiger partial charge in [-0.05, 0) is 42.5 Å². The molecule has 0 saturated carbocycles. The summed E-state index contributed by atoms with van der Waals surface area (Å²) in [4.78, 5) is -0.394. The summed E-state index contributed by atoms with van der Waals surface area (Å²) < 4.78 is 30.9. The second kappa shape index (κ2) is 7.01. The number of rotatable bonds is 3. The van der Waals surface area contributed by atoms with Crippen LogP contribution in [0.4, 0.5) is 11.4 Å². The van der Waals surface area contributed by atoms with Gasteiger partial charge in [0.2, 0.25) is 0 Å². The number of hydrogen-bond acceptors (Lipinski definition) is 6. The normalized spacial score (nSPS) is 11.3. The van der Waals surface area contributed by atoms with Crippen LogP contribution in [0.25, 0.3) is 0 Å². The third-order valence-electron chi connectivity index (χ3n) is 2.37. The van der Waals surface area contributed by atoms with E-state index in [-0.39, 0.29) is 48.2 Å². The third-order valence-corrected chi connectivity index (χ3v) is 3.22. The van der Waals surface area contributed by atoms with E-state index in [4.69, 9.17) is 9.66 Å².